The van der Waals surface area contributed by atoms with Gasteiger partial charge in [-0.05, 0) is 6.42 Å². The molecule has 0 aromatic heterocycles. The second kappa shape index (κ2) is 10.5. The quantitative estimate of drug-likeness (QED) is 0.251. The number of hydrogen-bond acceptors (Lipinski definition) is 8. The second-order valence-electron chi connectivity index (χ2n) is 4.02. The van der Waals surface area contributed by atoms with Crippen LogP contribution in [0.2, 0.25) is 0 Å². The van der Waals surface area contributed by atoms with Gasteiger partial charge in [-0.1, -0.05) is 0 Å². The molecule has 0 saturated heterocycles. The van der Waals surface area contributed by atoms with Crippen LogP contribution in [0.25, 0.3) is 0 Å². The van der Waals surface area contributed by atoms with Gasteiger partial charge in [0.25, 0.3) is 5.91 Å². The number of carboxylic acid groups (broad SMARTS) is 2. The van der Waals surface area contributed by atoms with Crippen molar-refractivity contribution in [2.75, 3.05) is 12.3 Å². The molecule has 123 valence electrons. The zero-order valence-corrected chi connectivity index (χ0v) is 12.1. The van der Waals surface area contributed by atoms with Crippen LogP contribution in [0.1, 0.15) is 12.8 Å². The Labute approximate surface area is 129 Å². The van der Waals surface area contributed by atoms with Crippen molar-refractivity contribution < 1.29 is 29.4 Å². The first kappa shape index (κ1) is 19.8. The SMILES string of the molecule is NC(CCC(=O)NC(CSN=O)C(=O)[N]CC(=O)O)C(=O)O. The highest BCUT2D eigenvalue weighted by Crippen LogP contribution is 2.05. The molecule has 0 heterocycles. The Morgan fingerprint density at radius 2 is 1.86 bits per heavy atom. The molecule has 2 amide bonds. The van der Waals surface area contributed by atoms with E-state index < -0.39 is 42.4 Å². The fourth-order valence-electron chi connectivity index (χ4n) is 1.21. The molecule has 0 bridgehead atoms. The van der Waals surface area contributed by atoms with Gasteiger partial charge in [0.15, 0.2) is 0 Å². The van der Waals surface area contributed by atoms with E-state index in [-0.39, 0.29) is 18.6 Å². The molecule has 0 spiro atoms. The summed E-state index contributed by atoms with van der Waals surface area (Å²) in [5.41, 5.74) is 5.23. The minimum Gasteiger partial charge on any atom is -0.480 e. The van der Waals surface area contributed by atoms with Gasteiger partial charge < -0.3 is 21.3 Å². The summed E-state index contributed by atoms with van der Waals surface area (Å²) in [6.07, 6.45) is -0.400. The summed E-state index contributed by atoms with van der Waals surface area (Å²) in [4.78, 5) is 54.1. The van der Waals surface area contributed by atoms with Crippen molar-refractivity contribution in [2.45, 2.75) is 24.9 Å². The molecule has 22 heavy (non-hydrogen) atoms. The highest BCUT2D eigenvalue weighted by molar-refractivity contribution is 7.97. The van der Waals surface area contributed by atoms with Crippen molar-refractivity contribution in [1.29, 1.82) is 0 Å². The largest absolute Gasteiger partial charge is 0.480 e. The average molecular weight is 335 g/mol. The summed E-state index contributed by atoms with van der Waals surface area (Å²) in [5, 5.41) is 22.4. The third-order valence-corrected chi connectivity index (χ3v) is 2.88. The number of carboxylic acids is 2. The van der Waals surface area contributed by atoms with Gasteiger partial charge in [-0.25, -0.2) is 5.32 Å². The van der Waals surface area contributed by atoms with Crippen molar-refractivity contribution >= 4 is 35.7 Å². The highest BCUT2D eigenvalue weighted by Gasteiger charge is 2.23. The molecular formula is C10H15N4O7S. The van der Waals surface area contributed by atoms with Gasteiger partial charge in [0.1, 0.15) is 18.6 Å². The standard InChI is InChI=1S/C10H15N4O7S/c11-5(10(19)20)1-2-7(15)13-6(4-22-14-21)9(18)12-3-8(16)17/h5-6H,1-4,11H2,(H,13,15)(H,16,17)(H,19,20). The number of carbonyl (C=O) groups is 4. The normalized spacial score (nSPS) is 12.8. The van der Waals surface area contributed by atoms with Gasteiger partial charge in [0.2, 0.25) is 5.91 Å². The summed E-state index contributed by atoms with van der Waals surface area (Å²) in [5.74, 6) is -4.41. The van der Waals surface area contributed by atoms with Crippen LogP contribution in [0.15, 0.2) is 4.58 Å². The van der Waals surface area contributed by atoms with Gasteiger partial charge in [-0.15, -0.1) is 4.91 Å². The topological polar surface area (TPSA) is 190 Å². The minimum absolute atomic E-state index is 0.145. The number of nitroso groups, excluding NO2 is 1. The smallest absolute Gasteiger partial charge is 0.325 e. The molecular weight excluding hydrogens is 320 g/mol. The van der Waals surface area contributed by atoms with E-state index in [1.54, 1.807) is 0 Å². The number of carbonyl (C=O) groups excluding carboxylic acids is 2. The number of hydrogen-bond donors (Lipinski definition) is 4. The lowest BCUT2D eigenvalue weighted by molar-refractivity contribution is -0.139. The first-order valence-electron chi connectivity index (χ1n) is 5.93. The van der Waals surface area contributed by atoms with Crippen LogP contribution in [0.5, 0.6) is 0 Å². The third-order valence-electron chi connectivity index (χ3n) is 2.30. The first-order chi connectivity index (χ1) is 10.3. The molecule has 0 rings (SSSR count). The number of rotatable bonds is 11. The lowest BCUT2D eigenvalue weighted by atomic mass is 10.1. The lowest BCUT2D eigenvalue weighted by Crippen LogP contribution is -2.47. The number of aliphatic carboxylic acids is 2. The Hall–Kier alpha value is -2.21. The second-order valence-corrected chi connectivity index (χ2v) is 4.76. The van der Waals surface area contributed by atoms with Crippen LogP contribution in [-0.2, 0) is 19.2 Å². The average Bonchev–Trinajstić information content (AvgIpc) is 2.46. The number of amides is 2. The molecule has 0 aliphatic rings. The zero-order chi connectivity index (χ0) is 17.1. The Balaban J connectivity index is 4.46. The minimum atomic E-state index is -1.33. The van der Waals surface area contributed by atoms with E-state index in [9.17, 15) is 24.1 Å². The Morgan fingerprint density at radius 3 is 2.36 bits per heavy atom. The van der Waals surface area contributed by atoms with E-state index in [1.807, 2.05) is 0 Å². The van der Waals surface area contributed by atoms with Gasteiger partial charge >= 0.3 is 11.9 Å². The van der Waals surface area contributed by atoms with Crippen LogP contribution >= 0.6 is 11.9 Å². The molecule has 0 fully saturated rings. The summed E-state index contributed by atoms with van der Waals surface area (Å²) in [6, 6.07) is -2.45. The fourth-order valence-corrected chi connectivity index (χ4v) is 1.65. The van der Waals surface area contributed by atoms with Gasteiger partial charge in [-0.3, -0.25) is 19.2 Å². The van der Waals surface area contributed by atoms with E-state index in [1.165, 1.54) is 0 Å². The number of nitrogens with two attached hydrogens (primary N) is 1. The molecule has 1 radical (unpaired) electrons. The predicted octanol–water partition coefficient (Wildman–Crippen LogP) is -1.71. The molecule has 2 atom stereocenters. The van der Waals surface area contributed by atoms with E-state index in [0.717, 1.165) is 0 Å². The van der Waals surface area contributed by atoms with E-state index in [2.05, 4.69) is 15.2 Å². The summed E-state index contributed by atoms with van der Waals surface area (Å²) in [6.45, 7) is -0.770. The first-order valence-corrected chi connectivity index (χ1v) is 6.87. The Bertz CT molecular complexity index is 445. The van der Waals surface area contributed by atoms with Crippen molar-refractivity contribution in [2.24, 2.45) is 10.3 Å². The van der Waals surface area contributed by atoms with Crippen molar-refractivity contribution in [3.63, 3.8) is 0 Å². The Morgan fingerprint density at radius 1 is 1.23 bits per heavy atom. The predicted molar refractivity (Wildman–Crippen MR) is 74.7 cm³/mol. The summed E-state index contributed by atoms with van der Waals surface area (Å²) < 4.78 is 2.47. The molecule has 5 N–H and O–H groups in total. The molecule has 11 nitrogen and oxygen atoms in total. The molecule has 0 saturated carbocycles. The maximum atomic E-state index is 11.6. The molecule has 12 heteroatoms. The van der Waals surface area contributed by atoms with Gasteiger partial charge in [0.05, 0.1) is 0 Å². The van der Waals surface area contributed by atoms with Gasteiger partial charge in [-0.2, -0.15) is 0 Å². The van der Waals surface area contributed by atoms with Crippen LogP contribution in [0.4, 0.5) is 0 Å². The summed E-state index contributed by atoms with van der Waals surface area (Å²) >= 11 is 0.458. The van der Waals surface area contributed by atoms with Gasteiger partial charge in [0, 0.05) is 28.7 Å². The van der Waals surface area contributed by atoms with E-state index >= 15 is 0 Å². The van der Waals surface area contributed by atoms with Crippen molar-refractivity contribution in [3.05, 3.63) is 4.91 Å². The number of nitrogens with zero attached hydrogens (tertiary/aromatic N) is 2. The van der Waals surface area contributed by atoms with Crippen LogP contribution < -0.4 is 16.4 Å². The van der Waals surface area contributed by atoms with Crippen LogP contribution in [0.3, 0.4) is 0 Å². The molecule has 2 unspecified atom stereocenters. The number of nitrogens with one attached hydrogen (secondary N) is 1. The van der Waals surface area contributed by atoms with E-state index in [4.69, 9.17) is 15.9 Å². The van der Waals surface area contributed by atoms with Crippen molar-refractivity contribution in [3.8, 4) is 0 Å². The summed E-state index contributed by atoms with van der Waals surface area (Å²) in [7, 11) is 0. The molecule has 0 aromatic carbocycles. The highest BCUT2D eigenvalue weighted by atomic mass is 32.2. The monoisotopic (exact) mass is 335 g/mol. The van der Waals surface area contributed by atoms with Crippen molar-refractivity contribution in [1.82, 2.24) is 10.6 Å². The fraction of sp³-hybridized carbons (Fsp3) is 0.600. The molecule has 0 aliphatic carbocycles. The van der Waals surface area contributed by atoms with Crippen LogP contribution in [-0.4, -0.2) is 58.3 Å². The Kier molecular flexibility index (Phi) is 9.45. The lowest BCUT2D eigenvalue weighted by Gasteiger charge is -2.15. The third kappa shape index (κ3) is 8.86. The maximum absolute atomic E-state index is 11.6. The maximum Gasteiger partial charge on any atom is 0.325 e. The van der Waals surface area contributed by atoms with E-state index in [0.29, 0.717) is 11.9 Å². The zero-order valence-electron chi connectivity index (χ0n) is 11.3. The van der Waals surface area contributed by atoms with Crippen LogP contribution in [0, 0.1) is 4.91 Å². The molecule has 0 aliphatic heterocycles. The molecule has 0 aromatic rings.